The van der Waals surface area contributed by atoms with Crippen LogP contribution in [-0.2, 0) is 14.8 Å². The molecule has 0 aliphatic heterocycles. The summed E-state index contributed by atoms with van der Waals surface area (Å²) in [5, 5.41) is 6.13. The molecule has 0 fully saturated rings. The number of nitrogens with one attached hydrogen (secondary N) is 1. The fourth-order valence-corrected chi connectivity index (χ4v) is 2.53. The number of primary sulfonamides is 1. The van der Waals surface area contributed by atoms with E-state index in [1.165, 1.54) is 6.07 Å². The third-order valence-electron chi connectivity index (χ3n) is 1.94. The van der Waals surface area contributed by atoms with E-state index in [2.05, 4.69) is 0 Å². The summed E-state index contributed by atoms with van der Waals surface area (Å²) >= 11 is 11.5. The molecule has 8 nitrogen and oxygen atoms in total. The van der Waals surface area contributed by atoms with Crippen LogP contribution in [0.2, 0.25) is 10.0 Å². The number of urea groups is 1. The van der Waals surface area contributed by atoms with Crippen LogP contribution in [0.1, 0.15) is 0 Å². The van der Waals surface area contributed by atoms with E-state index in [4.69, 9.17) is 38.8 Å². The molecule has 0 radical (unpaired) electrons. The van der Waals surface area contributed by atoms with E-state index in [0.717, 1.165) is 6.07 Å². The van der Waals surface area contributed by atoms with E-state index in [-0.39, 0.29) is 20.7 Å². The molecule has 0 aliphatic rings. The van der Waals surface area contributed by atoms with Gasteiger partial charge in [-0.1, -0.05) is 23.2 Å². The largest absolute Gasteiger partial charge is 0.482 e. The number of carbonyl (C=O) groups excluding carboxylic acids is 2. The van der Waals surface area contributed by atoms with E-state index in [0.29, 0.717) is 0 Å². The minimum atomic E-state index is -4.03. The number of nitrogens with two attached hydrogens (primary N) is 2. The highest BCUT2D eigenvalue weighted by Gasteiger charge is 2.19. The van der Waals surface area contributed by atoms with Gasteiger partial charge >= 0.3 is 6.03 Å². The van der Waals surface area contributed by atoms with Crippen molar-refractivity contribution in [3.63, 3.8) is 0 Å². The normalized spacial score (nSPS) is 10.9. The Morgan fingerprint density at radius 1 is 1.25 bits per heavy atom. The van der Waals surface area contributed by atoms with Gasteiger partial charge < -0.3 is 10.5 Å². The maximum Gasteiger partial charge on any atom is 0.318 e. The summed E-state index contributed by atoms with van der Waals surface area (Å²) in [6.45, 7) is -0.562. The van der Waals surface area contributed by atoms with Gasteiger partial charge in [0.25, 0.3) is 5.91 Å². The van der Waals surface area contributed by atoms with Crippen molar-refractivity contribution < 1.29 is 22.7 Å². The quantitative estimate of drug-likeness (QED) is 0.717. The first-order chi connectivity index (χ1) is 9.12. The highest BCUT2D eigenvalue weighted by atomic mass is 35.5. The number of primary amides is 1. The molecule has 110 valence electrons. The molecule has 1 aromatic rings. The predicted octanol–water partition coefficient (Wildman–Crippen LogP) is 0.215. The molecule has 0 spiro atoms. The monoisotopic (exact) mass is 341 g/mol. The van der Waals surface area contributed by atoms with Crippen molar-refractivity contribution in [2.24, 2.45) is 10.9 Å². The van der Waals surface area contributed by atoms with Crippen molar-refractivity contribution in [3.8, 4) is 5.75 Å². The number of hydrogen-bond donors (Lipinski definition) is 3. The van der Waals surface area contributed by atoms with Crippen LogP contribution >= 0.6 is 23.2 Å². The van der Waals surface area contributed by atoms with E-state index < -0.39 is 28.6 Å². The van der Waals surface area contributed by atoms with Crippen molar-refractivity contribution in [2.45, 2.75) is 4.90 Å². The standard InChI is InChI=1S/C9H9Cl2N3O5S/c10-7-4(19-3-6(15)14-9(12)16)1-2-5(8(7)11)20(13,17)18/h1-2H,3H2,(H2,13,17,18)(H3,12,14,15,16). The van der Waals surface area contributed by atoms with Gasteiger partial charge in [-0.05, 0) is 12.1 Å². The van der Waals surface area contributed by atoms with Gasteiger partial charge in [-0.15, -0.1) is 0 Å². The van der Waals surface area contributed by atoms with Gasteiger partial charge in [-0.2, -0.15) is 0 Å². The minimum absolute atomic E-state index is 0.0521. The van der Waals surface area contributed by atoms with E-state index in [9.17, 15) is 18.0 Å². The van der Waals surface area contributed by atoms with Crippen LogP contribution in [-0.4, -0.2) is 27.0 Å². The summed E-state index contributed by atoms with van der Waals surface area (Å²) in [5.74, 6) is -0.858. The van der Waals surface area contributed by atoms with Crippen LogP contribution in [0.15, 0.2) is 17.0 Å². The predicted molar refractivity (Wildman–Crippen MR) is 71.1 cm³/mol. The van der Waals surface area contributed by atoms with E-state index >= 15 is 0 Å². The van der Waals surface area contributed by atoms with Gasteiger partial charge in [0, 0.05) is 0 Å². The average Bonchev–Trinajstić information content (AvgIpc) is 2.28. The van der Waals surface area contributed by atoms with Gasteiger partial charge in [0.15, 0.2) is 6.61 Å². The highest BCUT2D eigenvalue weighted by Crippen LogP contribution is 2.36. The van der Waals surface area contributed by atoms with Crippen LogP contribution in [0.25, 0.3) is 0 Å². The lowest BCUT2D eigenvalue weighted by atomic mass is 10.3. The van der Waals surface area contributed by atoms with E-state index in [1.807, 2.05) is 0 Å². The lowest BCUT2D eigenvalue weighted by molar-refractivity contribution is -0.121. The average molecular weight is 342 g/mol. The van der Waals surface area contributed by atoms with Crippen LogP contribution in [0.3, 0.4) is 0 Å². The summed E-state index contributed by atoms with van der Waals surface area (Å²) in [6, 6.07) is 1.21. The first-order valence-electron chi connectivity index (χ1n) is 4.86. The van der Waals surface area contributed by atoms with Crippen molar-refractivity contribution in [1.29, 1.82) is 0 Å². The zero-order chi connectivity index (χ0) is 15.5. The Hall–Kier alpha value is -1.55. The fraction of sp³-hybridized carbons (Fsp3) is 0.111. The summed E-state index contributed by atoms with van der Waals surface area (Å²) in [7, 11) is -4.03. The summed E-state index contributed by atoms with van der Waals surface area (Å²) in [4.78, 5) is 21.1. The van der Waals surface area contributed by atoms with Gasteiger partial charge in [0.2, 0.25) is 10.0 Å². The maximum atomic E-state index is 11.2. The second-order valence-electron chi connectivity index (χ2n) is 3.44. The zero-order valence-corrected chi connectivity index (χ0v) is 12.1. The Morgan fingerprint density at radius 2 is 1.85 bits per heavy atom. The van der Waals surface area contributed by atoms with Crippen LogP contribution in [0.4, 0.5) is 4.79 Å². The van der Waals surface area contributed by atoms with Crippen molar-refractivity contribution >= 4 is 45.2 Å². The summed E-state index contributed by atoms with van der Waals surface area (Å²) in [5.41, 5.74) is 4.73. The molecule has 1 aromatic carbocycles. The lowest BCUT2D eigenvalue weighted by Gasteiger charge is -2.10. The van der Waals surface area contributed by atoms with Gasteiger partial charge in [-0.3, -0.25) is 10.1 Å². The number of halogens is 2. The number of amides is 3. The minimum Gasteiger partial charge on any atom is -0.482 e. The number of ether oxygens (including phenoxy) is 1. The molecular formula is C9H9Cl2N3O5S. The maximum absolute atomic E-state index is 11.2. The van der Waals surface area contributed by atoms with Crippen molar-refractivity contribution in [3.05, 3.63) is 22.2 Å². The number of imide groups is 1. The van der Waals surface area contributed by atoms with Crippen LogP contribution in [0.5, 0.6) is 5.75 Å². The van der Waals surface area contributed by atoms with Crippen LogP contribution in [0, 0.1) is 0 Å². The first kappa shape index (κ1) is 16.5. The third kappa shape index (κ3) is 4.23. The molecule has 0 aromatic heterocycles. The van der Waals surface area contributed by atoms with Crippen molar-refractivity contribution in [2.75, 3.05) is 6.61 Å². The van der Waals surface area contributed by atoms with E-state index in [1.54, 1.807) is 5.32 Å². The molecule has 11 heteroatoms. The third-order valence-corrected chi connectivity index (χ3v) is 3.87. The number of carbonyl (C=O) groups is 2. The number of rotatable bonds is 4. The summed E-state index contributed by atoms with van der Waals surface area (Å²) < 4.78 is 27.3. The molecule has 20 heavy (non-hydrogen) atoms. The molecule has 0 aliphatic carbocycles. The second kappa shape index (κ2) is 6.27. The molecule has 1 rings (SSSR count). The molecular weight excluding hydrogens is 333 g/mol. The fourth-order valence-electron chi connectivity index (χ4n) is 1.16. The SMILES string of the molecule is NC(=O)NC(=O)COc1ccc(S(N)(=O)=O)c(Cl)c1Cl. The van der Waals surface area contributed by atoms with Crippen LogP contribution < -0.4 is 20.9 Å². The number of sulfonamides is 1. The molecule has 0 bridgehead atoms. The molecule has 0 saturated carbocycles. The van der Waals surface area contributed by atoms with Gasteiger partial charge in [-0.25, -0.2) is 18.4 Å². The molecule has 0 heterocycles. The molecule has 5 N–H and O–H groups in total. The Labute approximate surface area is 124 Å². The lowest BCUT2D eigenvalue weighted by Crippen LogP contribution is -2.38. The molecule has 3 amide bonds. The Morgan fingerprint density at radius 3 is 2.35 bits per heavy atom. The number of benzene rings is 1. The molecule has 0 unspecified atom stereocenters. The smallest absolute Gasteiger partial charge is 0.318 e. The molecule has 0 atom stereocenters. The second-order valence-corrected chi connectivity index (χ2v) is 5.72. The molecule has 0 saturated heterocycles. The highest BCUT2D eigenvalue weighted by molar-refractivity contribution is 7.89. The topological polar surface area (TPSA) is 142 Å². The zero-order valence-electron chi connectivity index (χ0n) is 9.72. The van der Waals surface area contributed by atoms with Gasteiger partial charge in [0.1, 0.15) is 15.7 Å². The van der Waals surface area contributed by atoms with Gasteiger partial charge in [0.05, 0.1) is 5.02 Å². The number of hydrogen-bond acceptors (Lipinski definition) is 5. The summed E-state index contributed by atoms with van der Waals surface area (Å²) in [6.07, 6.45) is 0. The Kier molecular flexibility index (Phi) is 5.17. The Bertz CT molecular complexity index is 662. The van der Waals surface area contributed by atoms with Crippen molar-refractivity contribution in [1.82, 2.24) is 5.32 Å². The first-order valence-corrected chi connectivity index (χ1v) is 7.16. The Balaban J connectivity index is 2.92.